The molecule has 4 nitrogen and oxygen atoms in total. The number of nitrogens with one attached hydrogen (secondary N) is 1. The average molecular weight is 249 g/mol. The summed E-state index contributed by atoms with van der Waals surface area (Å²) >= 11 is 11.5. The summed E-state index contributed by atoms with van der Waals surface area (Å²) in [5, 5.41) is 3.36. The van der Waals surface area contributed by atoms with Crippen LogP contribution in [-0.4, -0.2) is 19.2 Å². The maximum absolute atomic E-state index is 11.1. The van der Waals surface area contributed by atoms with Gasteiger partial charge in [-0.15, -0.1) is 0 Å². The molecule has 0 heterocycles. The molecule has 0 aromatic heterocycles. The molecule has 0 bridgehead atoms. The van der Waals surface area contributed by atoms with E-state index in [1.165, 1.54) is 0 Å². The monoisotopic (exact) mass is 248 g/mol. The van der Waals surface area contributed by atoms with E-state index in [4.69, 9.17) is 33.7 Å². The molecule has 0 atom stereocenters. The molecule has 0 unspecified atom stereocenters. The molecule has 3 N–H and O–H groups in total. The maximum atomic E-state index is 11.1. The van der Waals surface area contributed by atoms with Crippen LogP contribution >= 0.6 is 23.2 Å². The van der Waals surface area contributed by atoms with Gasteiger partial charge in [0.2, 0.25) is 0 Å². The zero-order valence-corrected chi connectivity index (χ0v) is 9.31. The number of halogens is 2. The minimum Gasteiger partial charge on any atom is -0.448 e. The number of carbonyl (C=O) groups excluding carboxylic acids is 1. The van der Waals surface area contributed by atoms with Crippen LogP contribution in [0.15, 0.2) is 18.2 Å². The van der Waals surface area contributed by atoms with Crippen molar-refractivity contribution in [1.29, 1.82) is 0 Å². The number of nitrogens with two attached hydrogens (primary N) is 1. The molecule has 0 aliphatic carbocycles. The first-order chi connectivity index (χ1) is 7.11. The van der Waals surface area contributed by atoms with E-state index in [0.717, 1.165) is 0 Å². The van der Waals surface area contributed by atoms with Gasteiger partial charge in [0, 0.05) is 22.3 Å². The van der Waals surface area contributed by atoms with Gasteiger partial charge in [-0.1, -0.05) is 23.2 Å². The number of amides is 1. The van der Waals surface area contributed by atoms with Gasteiger partial charge in [0.15, 0.2) is 0 Å². The fraction of sp³-hybridized carbons (Fsp3) is 0.222. The highest BCUT2D eigenvalue weighted by atomic mass is 35.5. The molecule has 6 heteroatoms. The highest BCUT2D eigenvalue weighted by molar-refractivity contribution is 6.35. The Labute approximate surface area is 97.3 Å². The Hall–Kier alpha value is -0.970. The first-order valence-corrected chi connectivity index (χ1v) is 4.97. The molecule has 1 amide bonds. The molecular weight excluding hydrogens is 239 g/mol. The minimum absolute atomic E-state index is 0.167. The van der Waals surface area contributed by atoms with Crippen LogP contribution in [0.5, 0.6) is 0 Å². The van der Waals surface area contributed by atoms with E-state index in [9.17, 15) is 4.79 Å². The number of carbonyl (C=O) groups is 1. The van der Waals surface area contributed by atoms with E-state index >= 15 is 0 Å². The van der Waals surface area contributed by atoms with Crippen LogP contribution in [0.25, 0.3) is 0 Å². The van der Waals surface area contributed by atoms with Gasteiger partial charge < -0.3 is 10.5 Å². The molecule has 0 radical (unpaired) electrons. The summed E-state index contributed by atoms with van der Waals surface area (Å²) in [5.41, 5.74) is 5.65. The molecule has 0 saturated heterocycles. The Morgan fingerprint density at radius 2 is 1.93 bits per heavy atom. The van der Waals surface area contributed by atoms with Crippen LogP contribution in [0.4, 0.5) is 10.5 Å². The van der Waals surface area contributed by atoms with Crippen LogP contribution in [0.1, 0.15) is 0 Å². The van der Waals surface area contributed by atoms with Gasteiger partial charge in [0.05, 0.1) is 0 Å². The predicted octanol–water partition coefficient (Wildman–Crippen LogP) is 2.50. The van der Waals surface area contributed by atoms with Crippen LogP contribution in [0, 0.1) is 0 Å². The number of hydrogen-bond acceptors (Lipinski definition) is 3. The van der Waals surface area contributed by atoms with Gasteiger partial charge in [-0.2, -0.15) is 0 Å². The molecule has 1 aromatic rings. The normalized spacial score (nSPS) is 9.80. The molecule has 0 spiro atoms. The van der Waals surface area contributed by atoms with Crippen molar-refractivity contribution in [3.63, 3.8) is 0 Å². The molecule has 0 saturated carbocycles. The van der Waals surface area contributed by atoms with E-state index < -0.39 is 6.09 Å². The lowest BCUT2D eigenvalue weighted by Gasteiger charge is -2.06. The van der Waals surface area contributed by atoms with Crippen LogP contribution in [0.3, 0.4) is 0 Å². The summed E-state index contributed by atoms with van der Waals surface area (Å²) < 4.78 is 4.71. The largest absolute Gasteiger partial charge is 0.448 e. The number of benzene rings is 1. The molecule has 82 valence electrons. The Kier molecular flexibility index (Phi) is 4.68. The van der Waals surface area contributed by atoms with Crippen LogP contribution in [0.2, 0.25) is 10.0 Å². The summed E-state index contributed by atoms with van der Waals surface area (Å²) in [6, 6.07) is 4.70. The van der Waals surface area contributed by atoms with Gasteiger partial charge in [-0.05, 0) is 18.2 Å². The predicted molar refractivity (Wildman–Crippen MR) is 60.5 cm³/mol. The Morgan fingerprint density at radius 1 is 1.33 bits per heavy atom. The van der Waals surface area contributed by atoms with Gasteiger partial charge in [-0.3, -0.25) is 5.32 Å². The molecule has 0 aliphatic heterocycles. The molecule has 0 fully saturated rings. The van der Waals surface area contributed by atoms with Gasteiger partial charge in [-0.25, -0.2) is 4.79 Å². The third-order valence-electron chi connectivity index (χ3n) is 1.46. The van der Waals surface area contributed by atoms with Gasteiger partial charge >= 0.3 is 6.09 Å². The number of rotatable bonds is 3. The smallest absolute Gasteiger partial charge is 0.411 e. The third-order valence-corrected chi connectivity index (χ3v) is 1.90. The van der Waals surface area contributed by atoms with E-state index in [1.54, 1.807) is 18.2 Å². The first kappa shape index (κ1) is 12.1. The third kappa shape index (κ3) is 4.38. The van der Waals surface area contributed by atoms with E-state index in [1.807, 2.05) is 0 Å². The Morgan fingerprint density at radius 3 is 2.47 bits per heavy atom. The van der Waals surface area contributed by atoms with Crippen molar-refractivity contribution in [1.82, 2.24) is 0 Å². The van der Waals surface area contributed by atoms with Crippen molar-refractivity contribution in [2.24, 2.45) is 5.73 Å². The Bertz CT molecular complexity index is 338. The van der Waals surface area contributed by atoms with Gasteiger partial charge in [0.25, 0.3) is 0 Å². The highest BCUT2D eigenvalue weighted by Crippen LogP contribution is 2.22. The molecule has 1 aromatic carbocycles. The fourth-order valence-corrected chi connectivity index (χ4v) is 1.46. The van der Waals surface area contributed by atoms with E-state index in [2.05, 4.69) is 5.32 Å². The second kappa shape index (κ2) is 5.80. The standard InChI is InChI=1S/C9H10Cl2N2O2/c10-6-3-7(11)5-8(4-6)13-9(14)15-2-1-12/h3-5H,1-2,12H2,(H,13,14). The van der Waals surface area contributed by atoms with Gasteiger partial charge in [0.1, 0.15) is 6.61 Å². The Balaban J connectivity index is 2.60. The summed E-state index contributed by atoms with van der Waals surface area (Å²) in [4.78, 5) is 11.1. The quantitative estimate of drug-likeness (QED) is 0.864. The average Bonchev–Trinajstić information content (AvgIpc) is 2.13. The van der Waals surface area contributed by atoms with E-state index in [-0.39, 0.29) is 13.2 Å². The molecule has 1 rings (SSSR count). The summed E-state index contributed by atoms with van der Waals surface area (Å²) in [5.74, 6) is 0. The molecular formula is C9H10Cl2N2O2. The number of ether oxygens (including phenoxy) is 1. The zero-order chi connectivity index (χ0) is 11.3. The second-order valence-electron chi connectivity index (χ2n) is 2.71. The SMILES string of the molecule is NCCOC(=O)Nc1cc(Cl)cc(Cl)c1. The lowest BCUT2D eigenvalue weighted by atomic mass is 10.3. The van der Waals surface area contributed by atoms with Crippen molar-refractivity contribution < 1.29 is 9.53 Å². The van der Waals surface area contributed by atoms with Crippen molar-refractivity contribution in [3.8, 4) is 0 Å². The summed E-state index contributed by atoms with van der Waals surface area (Å²) in [6.07, 6.45) is -0.584. The molecule has 15 heavy (non-hydrogen) atoms. The first-order valence-electron chi connectivity index (χ1n) is 4.22. The van der Waals surface area contributed by atoms with Crippen molar-refractivity contribution >= 4 is 35.0 Å². The second-order valence-corrected chi connectivity index (χ2v) is 3.58. The van der Waals surface area contributed by atoms with Crippen LogP contribution < -0.4 is 11.1 Å². The minimum atomic E-state index is -0.584. The molecule has 0 aliphatic rings. The van der Waals surface area contributed by atoms with Crippen LogP contribution in [-0.2, 0) is 4.74 Å². The highest BCUT2D eigenvalue weighted by Gasteiger charge is 2.04. The number of hydrogen-bond donors (Lipinski definition) is 2. The van der Waals surface area contributed by atoms with Crippen molar-refractivity contribution in [2.75, 3.05) is 18.5 Å². The van der Waals surface area contributed by atoms with Crippen molar-refractivity contribution in [2.45, 2.75) is 0 Å². The zero-order valence-electron chi connectivity index (χ0n) is 7.80. The lowest BCUT2D eigenvalue weighted by molar-refractivity contribution is 0.165. The van der Waals surface area contributed by atoms with Crippen molar-refractivity contribution in [3.05, 3.63) is 28.2 Å². The fourth-order valence-electron chi connectivity index (χ4n) is 0.932. The maximum Gasteiger partial charge on any atom is 0.411 e. The van der Waals surface area contributed by atoms with E-state index in [0.29, 0.717) is 15.7 Å². The summed E-state index contributed by atoms with van der Waals surface area (Å²) in [6.45, 7) is 0.448. The summed E-state index contributed by atoms with van der Waals surface area (Å²) in [7, 11) is 0. The topological polar surface area (TPSA) is 64.3 Å². The number of anilines is 1. The lowest BCUT2D eigenvalue weighted by Crippen LogP contribution is -2.18.